The first-order valence-corrected chi connectivity index (χ1v) is 10.9. The van der Waals surface area contributed by atoms with E-state index in [-0.39, 0.29) is 18.5 Å². The van der Waals surface area contributed by atoms with Gasteiger partial charge in [-0.15, -0.1) is 0 Å². The monoisotopic (exact) mass is 436 g/mol. The first-order valence-electron chi connectivity index (χ1n) is 10.9. The molecule has 32 heavy (non-hydrogen) atoms. The van der Waals surface area contributed by atoms with Gasteiger partial charge < -0.3 is 14.1 Å². The number of aromatic nitrogens is 3. The zero-order valence-electron chi connectivity index (χ0n) is 18.7. The Balaban J connectivity index is 1.53. The van der Waals surface area contributed by atoms with Crippen molar-refractivity contribution in [2.75, 3.05) is 13.7 Å². The molecule has 1 aliphatic rings. The number of piperidine rings is 1. The van der Waals surface area contributed by atoms with Gasteiger partial charge in [0.05, 0.1) is 13.3 Å². The number of aryl methyl sites for hydroxylation is 2. The largest absolute Gasteiger partial charge is 0.496 e. The number of amides is 1. The highest BCUT2D eigenvalue weighted by molar-refractivity contribution is 5.76. The Morgan fingerprint density at radius 3 is 2.84 bits per heavy atom. The Morgan fingerprint density at radius 2 is 2.06 bits per heavy atom. The molecule has 8 nitrogen and oxygen atoms in total. The maximum atomic E-state index is 13.2. The van der Waals surface area contributed by atoms with Crippen LogP contribution in [0.25, 0.3) is 0 Å². The molecule has 1 amide bonds. The number of rotatable bonds is 6. The molecule has 1 aromatic carbocycles. The molecule has 0 bridgehead atoms. The molecule has 168 valence electrons. The molecule has 8 heteroatoms. The molecule has 3 aromatic rings. The molecule has 4 rings (SSSR count). The lowest BCUT2D eigenvalue weighted by atomic mass is 10.0. The van der Waals surface area contributed by atoms with Crippen molar-refractivity contribution in [2.45, 2.75) is 52.1 Å². The minimum absolute atomic E-state index is 0.0385. The molecule has 1 saturated heterocycles. The van der Waals surface area contributed by atoms with Gasteiger partial charge in [0.2, 0.25) is 11.8 Å². The van der Waals surface area contributed by atoms with Crippen LogP contribution in [0.2, 0.25) is 0 Å². The fourth-order valence-corrected chi connectivity index (χ4v) is 4.27. The molecule has 2 aromatic heterocycles. The summed E-state index contributed by atoms with van der Waals surface area (Å²) in [6, 6.07) is 9.36. The minimum Gasteiger partial charge on any atom is -0.496 e. The molecule has 0 saturated carbocycles. The maximum absolute atomic E-state index is 13.2. The first-order chi connectivity index (χ1) is 15.5. The number of carbonyl (C=O) groups is 1. The van der Waals surface area contributed by atoms with Crippen LogP contribution in [-0.4, -0.2) is 39.0 Å². The van der Waals surface area contributed by atoms with Crippen molar-refractivity contribution < 1.29 is 13.9 Å². The number of likely N-dealkylation sites (tertiary alicyclic amines) is 1. The average Bonchev–Trinajstić information content (AvgIpc) is 3.25. The molecule has 0 N–H and O–H groups in total. The Bertz CT molecular complexity index is 1170. The molecule has 1 aliphatic heterocycles. The van der Waals surface area contributed by atoms with E-state index < -0.39 is 5.69 Å². The predicted molar refractivity (Wildman–Crippen MR) is 119 cm³/mol. The van der Waals surface area contributed by atoms with Gasteiger partial charge in [-0.2, -0.15) is 4.98 Å². The second-order valence-electron chi connectivity index (χ2n) is 8.16. The van der Waals surface area contributed by atoms with Crippen molar-refractivity contribution in [3.05, 3.63) is 75.6 Å². The number of methoxy groups -OCH3 is 1. The second-order valence-corrected chi connectivity index (χ2v) is 8.16. The van der Waals surface area contributed by atoms with Gasteiger partial charge in [-0.05, 0) is 45.2 Å². The number of para-hydroxylation sites is 1. The van der Waals surface area contributed by atoms with Crippen molar-refractivity contribution in [3.63, 3.8) is 0 Å². The summed E-state index contributed by atoms with van der Waals surface area (Å²) in [5.74, 6) is 1.92. The molecule has 1 atom stereocenters. The SMILES string of the molecule is COc1ccccc1Cc1cnc(C2CCCCN2C(=O)Cn2c(C)cc(C)nc2=O)o1. The van der Waals surface area contributed by atoms with Crippen LogP contribution in [0, 0.1) is 13.8 Å². The van der Waals surface area contributed by atoms with Gasteiger partial charge in [0.25, 0.3) is 0 Å². The molecular formula is C24H28N4O4. The van der Waals surface area contributed by atoms with Crippen molar-refractivity contribution in [2.24, 2.45) is 0 Å². The van der Waals surface area contributed by atoms with Crippen LogP contribution in [0.1, 0.15) is 53.9 Å². The van der Waals surface area contributed by atoms with Crippen LogP contribution >= 0.6 is 0 Å². The van der Waals surface area contributed by atoms with Crippen LogP contribution in [0.4, 0.5) is 0 Å². The van der Waals surface area contributed by atoms with Crippen LogP contribution in [-0.2, 0) is 17.8 Å². The lowest BCUT2D eigenvalue weighted by molar-refractivity contribution is -0.136. The van der Waals surface area contributed by atoms with Gasteiger partial charge in [-0.3, -0.25) is 9.36 Å². The standard InChI is InChI=1S/C24H28N4O4/c1-16-12-17(2)28(24(30)26-16)15-22(29)27-11-7-6-9-20(27)23-25-14-19(32-23)13-18-8-4-5-10-21(18)31-3/h4-5,8,10,12,14,20H,6-7,9,11,13,15H2,1-3H3. The van der Waals surface area contributed by atoms with Gasteiger partial charge in [-0.1, -0.05) is 18.2 Å². The lowest BCUT2D eigenvalue weighted by Gasteiger charge is -2.34. The molecule has 3 heterocycles. The number of carbonyl (C=O) groups excluding carboxylic acids is 1. The third kappa shape index (κ3) is 4.59. The van der Waals surface area contributed by atoms with Crippen LogP contribution < -0.4 is 10.4 Å². The number of benzene rings is 1. The zero-order chi connectivity index (χ0) is 22.7. The van der Waals surface area contributed by atoms with E-state index in [1.54, 1.807) is 31.2 Å². The molecule has 1 fully saturated rings. The average molecular weight is 437 g/mol. The molecule has 1 unspecified atom stereocenters. The number of hydrogen-bond donors (Lipinski definition) is 0. The summed E-state index contributed by atoms with van der Waals surface area (Å²) < 4.78 is 12.9. The van der Waals surface area contributed by atoms with Crippen LogP contribution in [0.5, 0.6) is 5.75 Å². The van der Waals surface area contributed by atoms with E-state index in [4.69, 9.17) is 9.15 Å². The van der Waals surface area contributed by atoms with E-state index in [0.717, 1.165) is 42.0 Å². The van der Waals surface area contributed by atoms with Crippen molar-refractivity contribution in [3.8, 4) is 5.75 Å². The predicted octanol–water partition coefficient (Wildman–Crippen LogP) is 3.20. The van der Waals surface area contributed by atoms with Gasteiger partial charge in [0.1, 0.15) is 24.1 Å². The van der Waals surface area contributed by atoms with E-state index in [1.807, 2.05) is 31.2 Å². The number of oxazole rings is 1. The summed E-state index contributed by atoms with van der Waals surface area (Å²) in [7, 11) is 1.65. The number of hydrogen-bond acceptors (Lipinski definition) is 6. The number of ether oxygens (including phenoxy) is 1. The molecule has 0 radical (unpaired) electrons. The van der Waals surface area contributed by atoms with E-state index in [9.17, 15) is 9.59 Å². The van der Waals surface area contributed by atoms with Crippen molar-refractivity contribution >= 4 is 5.91 Å². The Kier molecular flexibility index (Phi) is 6.39. The Labute approximate surface area is 186 Å². The zero-order valence-corrected chi connectivity index (χ0v) is 18.7. The summed E-state index contributed by atoms with van der Waals surface area (Å²) in [5, 5.41) is 0. The highest BCUT2D eigenvalue weighted by Gasteiger charge is 2.31. The van der Waals surface area contributed by atoms with Gasteiger partial charge >= 0.3 is 5.69 Å². The Morgan fingerprint density at radius 1 is 1.25 bits per heavy atom. The maximum Gasteiger partial charge on any atom is 0.348 e. The van der Waals surface area contributed by atoms with E-state index in [1.165, 1.54) is 4.57 Å². The normalized spacial score (nSPS) is 16.2. The third-order valence-corrected chi connectivity index (χ3v) is 5.88. The van der Waals surface area contributed by atoms with Crippen LogP contribution in [0.15, 0.2) is 45.7 Å². The molecule has 0 spiro atoms. The van der Waals surface area contributed by atoms with E-state index in [0.29, 0.717) is 24.6 Å². The third-order valence-electron chi connectivity index (χ3n) is 5.88. The van der Waals surface area contributed by atoms with Gasteiger partial charge in [0, 0.05) is 29.9 Å². The highest BCUT2D eigenvalue weighted by Crippen LogP contribution is 2.32. The topological polar surface area (TPSA) is 90.5 Å². The second kappa shape index (κ2) is 9.38. The highest BCUT2D eigenvalue weighted by atomic mass is 16.5. The fourth-order valence-electron chi connectivity index (χ4n) is 4.27. The molecule has 0 aliphatic carbocycles. The minimum atomic E-state index is -0.403. The molecular weight excluding hydrogens is 408 g/mol. The summed E-state index contributed by atoms with van der Waals surface area (Å²) in [4.78, 5) is 35.7. The van der Waals surface area contributed by atoms with Gasteiger partial charge in [0.15, 0.2) is 0 Å². The first kappa shape index (κ1) is 21.8. The van der Waals surface area contributed by atoms with Crippen LogP contribution in [0.3, 0.4) is 0 Å². The summed E-state index contributed by atoms with van der Waals surface area (Å²) in [6.07, 6.45) is 4.96. The van der Waals surface area contributed by atoms with Crippen molar-refractivity contribution in [1.82, 2.24) is 19.4 Å². The quantitative estimate of drug-likeness (QED) is 0.589. The lowest BCUT2D eigenvalue weighted by Crippen LogP contribution is -2.42. The summed E-state index contributed by atoms with van der Waals surface area (Å²) in [5.41, 5.74) is 1.98. The fraction of sp³-hybridized carbons (Fsp3) is 0.417. The number of nitrogens with zero attached hydrogens (tertiary/aromatic N) is 4. The van der Waals surface area contributed by atoms with E-state index >= 15 is 0 Å². The van der Waals surface area contributed by atoms with E-state index in [2.05, 4.69) is 9.97 Å². The van der Waals surface area contributed by atoms with Crippen molar-refractivity contribution in [1.29, 1.82) is 0 Å². The summed E-state index contributed by atoms with van der Waals surface area (Å²) in [6.45, 7) is 4.16. The smallest absolute Gasteiger partial charge is 0.348 e. The van der Waals surface area contributed by atoms with Gasteiger partial charge in [-0.25, -0.2) is 9.78 Å². The summed E-state index contributed by atoms with van der Waals surface area (Å²) >= 11 is 0. The Hall–Kier alpha value is -3.42.